The molecule has 0 radical (unpaired) electrons. The Hall–Kier alpha value is -3.38. The molecule has 1 amide bonds. The van der Waals surface area contributed by atoms with Crippen molar-refractivity contribution in [2.45, 2.75) is 32.6 Å². The van der Waals surface area contributed by atoms with Gasteiger partial charge in [0.25, 0.3) is 5.91 Å². The van der Waals surface area contributed by atoms with Crippen LogP contribution in [0.1, 0.15) is 39.3 Å². The Kier molecular flexibility index (Phi) is 5.31. The maximum atomic E-state index is 13.2. The summed E-state index contributed by atoms with van der Waals surface area (Å²) in [6.07, 6.45) is 4.24. The summed E-state index contributed by atoms with van der Waals surface area (Å²) in [5.74, 6) is 0.453. The van der Waals surface area contributed by atoms with Gasteiger partial charge >= 0.3 is 0 Å². The first kappa shape index (κ1) is 20.5. The topological polar surface area (TPSA) is 77.2 Å². The number of amides is 1. The van der Waals surface area contributed by atoms with Gasteiger partial charge < -0.3 is 15.8 Å². The van der Waals surface area contributed by atoms with E-state index < -0.39 is 0 Å². The average molecular weight is 444 g/mol. The minimum Gasteiger partial charge on any atom is -0.497 e. The summed E-state index contributed by atoms with van der Waals surface area (Å²) in [5, 5.41) is 3.85. The second-order valence-electron chi connectivity index (χ2n) is 8.20. The van der Waals surface area contributed by atoms with Crippen LogP contribution in [0.4, 0.5) is 11.4 Å². The van der Waals surface area contributed by atoms with Gasteiger partial charge in [-0.3, -0.25) is 4.79 Å². The van der Waals surface area contributed by atoms with Gasteiger partial charge in [0.15, 0.2) is 0 Å². The number of benzene rings is 2. The fourth-order valence-corrected chi connectivity index (χ4v) is 5.42. The van der Waals surface area contributed by atoms with E-state index in [1.54, 1.807) is 13.2 Å². The Morgan fingerprint density at radius 2 is 1.91 bits per heavy atom. The van der Waals surface area contributed by atoms with E-state index in [0.29, 0.717) is 22.0 Å². The van der Waals surface area contributed by atoms with Crippen LogP contribution >= 0.6 is 11.3 Å². The Morgan fingerprint density at radius 1 is 1.12 bits per heavy atom. The molecule has 3 N–H and O–H groups in total. The number of methoxy groups -OCH3 is 1. The summed E-state index contributed by atoms with van der Waals surface area (Å²) >= 11 is 1.37. The number of nitrogen functional groups attached to an aromatic ring is 1. The molecule has 0 atom stereocenters. The predicted octanol–water partition coefficient (Wildman–Crippen LogP) is 5.99. The van der Waals surface area contributed by atoms with Crippen molar-refractivity contribution in [1.82, 2.24) is 4.98 Å². The van der Waals surface area contributed by atoms with E-state index in [1.165, 1.54) is 22.5 Å². The molecule has 0 fully saturated rings. The van der Waals surface area contributed by atoms with Crippen LogP contribution in [0.15, 0.2) is 48.5 Å². The highest BCUT2D eigenvalue weighted by Crippen LogP contribution is 2.44. The lowest BCUT2D eigenvalue weighted by molar-refractivity contribution is 0.103. The molecule has 0 spiro atoms. The third kappa shape index (κ3) is 3.60. The van der Waals surface area contributed by atoms with Crippen LogP contribution in [0.2, 0.25) is 0 Å². The van der Waals surface area contributed by atoms with Crippen molar-refractivity contribution in [3.8, 4) is 16.9 Å². The third-order valence-electron chi connectivity index (χ3n) is 6.03. The Morgan fingerprint density at radius 3 is 2.69 bits per heavy atom. The standard InChI is InChI=1S/C26H25N3O2S/c1-15-10-12-16(13-11-15)21-19-8-3-4-9-20(19)29-26-22(21)23(27)24(32-26)25(30)28-17-6-5-7-18(14-17)31-2/h5-7,10-14H,3-4,8-9,27H2,1-2H3,(H,28,30). The van der Waals surface area contributed by atoms with Gasteiger partial charge in [-0.05, 0) is 61.4 Å². The van der Waals surface area contributed by atoms with Gasteiger partial charge in [0.05, 0.1) is 12.8 Å². The molecule has 5 rings (SSSR count). The average Bonchev–Trinajstić information content (AvgIpc) is 3.14. The molecule has 0 unspecified atom stereocenters. The molecule has 2 aromatic carbocycles. The highest BCUT2D eigenvalue weighted by Gasteiger charge is 2.25. The number of carbonyl (C=O) groups is 1. The van der Waals surface area contributed by atoms with Crippen molar-refractivity contribution in [2.24, 2.45) is 0 Å². The minimum atomic E-state index is -0.230. The van der Waals surface area contributed by atoms with Crippen LogP contribution in [0.25, 0.3) is 21.3 Å². The molecule has 0 saturated heterocycles. The maximum Gasteiger partial charge on any atom is 0.267 e. The number of rotatable bonds is 4. The van der Waals surface area contributed by atoms with Crippen LogP contribution in [0.5, 0.6) is 5.75 Å². The number of hydrogen-bond donors (Lipinski definition) is 2. The van der Waals surface area contributed by atoms with E-state index >= 15 is 0 Å². The number of nitrogens with one attached hydrogen (secondary N) is 1. The normalized spacial score (nSPS) is 13.1. The SMILES string of the molecule is COc1cccc(NC(=O)c2sc3nc4c(c(-c5ccc(C)cc5)c3c2N)CCCC4)c1. The van der Waals surface area contributed by atoms with Gasteiger partial charge in [-0.15, -0.1) is 11.3 Å². The molecule has 6 heteroatoms. The zero-order valence-corrected chi connectivity index (χ0v) is 19.0. The lowest BCUT2D eigenvalue weighted by atomic mass is 9.87. The molecule has 0 aliphatic heterocycles. The van der Waals surface area contributed by atoms with Crippen molar-refractivity contribution in [3.05, 3.63) is 70.2 Å². The molecule has 5 nitrogen and oxygen atoms in total. The first-order chi connectivity index (χ1) is 15.5. The lowest BCUT2D eigenvalue weighted by Gasteiger charge is -2.20. The third-order valence-corrected chi connectivity index (χ3v) is 7.13. The van der Waals surface area contributed by atoms with Crippen LogP contribution in [-0.4, -0.2) is 18.0 Å². The summed E-state index contributed by atoms with van der Waals surface area (Å²) in [6, 6.07) is 15.8. The highest BCUT2D eigenvalue weighted by molar-refractivity contribution is 7.21. The zero-order chi connectivity index (χ0) is 22.2. The van der Waals surface area contributed by atoms with Gasteiger partial charge in [-0.25, -0.2) is 4.98 Å². The number of nitrogens with zero attached hydrogens (tertiary/aromatic N) is 1. The van der Waals surface area contributed by atoms with Gasteiger partial charge in [0.1, 0.15) is 15.5 Å². The van der Waals surface area contributed by atoms with Crippen molar-refractivity contribution in [1.29, 1.82) is 0 Å². The Balaban J connectivity index is 1.64. The summed E-state index contributed by atoms with van der Waals surface area (Å²) in [6.45, 7) is 2.08. The first-order valence-electron chi connectivity index (χ1n) is 10.8. The largest absolute Gasteiger partial charge is 0.497 e. The van der Waals surface area contributed by atoms with Gasteiger partial charge in [-0.2, -0.15) is 0 Å². The number of carbonyl (C=O) groups excluding carboxylic acids is 1. The number of thiophene rings is 1. The molecule has 32 heavy (non-hydrogen) atoms. The Labute approximate surface area is 191 Å². The Bertz CT molecular complexity index is 1330. The van der Waals surface area contributed by atoms with Crippen LogP contribution in [0.3, 0.4) is 0 Å². The lowest BCUT2D eigenvalue weighted by Crippen LogP contribution is -2.12. The summed E-state index contributed by atoms with van der Waals surface area (Å²) in [7, 11) is 1.60. The first-order valence-corrected chi connectivity index (χ1v) is 11.6. The highest BCUT2D eigenvalue weighted by atomic mass is 32.1. The van der Waals surface area contributed by atoms with E-state index in [-0.39, 0.29) is 5.91 Å². The van der Waals surface area contributed by atoms with Crippen molar-refractivity contribution >= 4 is 38.8 Å². The smallest absolute Gasteiger partial charge is 0.267 e. The molecule has 2 aromatic heterocycles. The molecule has 1 aliphatic rings. The number of pyridine rings is 1. The number of nitrogens with two attached hydrogens (primary N) is 1. The molecule has 1 aliphatic carbocycles. The van der Waals surface area contributed by atoms with Crippen LogP contribution < -0.4 is 15.8 Å². The second-order valence-corrected chi connectivity index (χ2v) is 9.20. The summed E-state index contributed by atoms with van der Waals surface area (Å²) in [4.78, 5) is 19.4. The fraction of sp³-hybridized carbons (Fsp3) is 0.231. The van der Waals surface area contributed by atoms with Gasteiger partial charge in [0.2, 0.25) is 0 Å². The number of aromatic nitrogens is 1. The maximum absolute atomic E-state index is 13.2. The molecular formula is C26H25N3O2S. The quantitative estimate of drug-likeness (QED) is 0.406. The minimum absolute atomic E-state index is 0.230. The fourth-order valence-electron chi connectivity index (χ4n) is 4.40. The summed E-state index contributed by atoms with van der Waals surface area (Å²) < 4.78 is 5.26. The summed E-state index contributed by atoms with van der Waals surface area (Å²) in [5.41, 5.74) is 13.7. The van der Waals surface area contributed by atoms with Crippen molar-refractivity contribution in [2.75, 3.05) is 18.2 Å². The number of anilines is 2. The van der Waals surface area contributed by atoms with Gasteiger partial charge in [0, 0.05) is 22.8 Å². The van der Waals surface area contributed by atoms with Gasteiger partial charge in [-0.1, -0.05) is 35.9 Å². The van der Waals surface area contributed by atoms with Crippen molar-refractivity contribution in [3.63, 3.8) is 0 Å². The molecular weight excluding hydrogens is 418 g/mol. The molecule has 0 bridgehead atoms. The van der Waals surface area contributed by atoms with Crippen molar-refractivity contribution < 1.29 is 9.53 Å². The molecule has 4 aromatic rings. The van der Waals surface area contributed by atoms with Crippen LogP contribution in [-0.2, 0) is 12.8 Å². The van der Waals surface area contributed by atoms with E-state index in [9.17, 15) is 4.79 Å². The van der Waals surface area contributed by atoms with E-state index in [1.807, 2.05) is 18.2 Å². The molecule has 0 saturated carbocycles. The van der Waals surface area contributed by atoms with E-state index in [0.717, 1.165) is 52.7 Å². The molecule has 162 valence electrons. The van der Waals surface area contributed by atoms with E-state index in [2.05, 4.69) is 36.5 Å². The van der Waals surface area contributed by atoms with E-state index in [4.69, 9.17) is 15.5 Å². The number of hydrogen-bond acceptors (Lipinski definition) is 5. The predicted molar refractivity (Wildman–Crippen MR) is 132 cm³/mol. The monoisotopic (exact) mass is 443 g/mol. The number of aryl methyl sites for hydroxylation is 2. The van der Waals surface area contributed by atoms with Crippen LogP contribution in [0, 0.1) is 6.92 Å². The number of fused-ring (bicyclic) bond motifs is 2. The number of ether oxygens (including phenoxy) is 1. The zero-order valence-electron chi connectivity index (χ0n) is 18.2. The molecule has 2 heterocycles. The second kappa shape index (κ2) is 8.28.